The van der Waals surface area contributed by atoms with Crippen LogP contribution in [0, 0.1) is 6.92 Å². The molecule has 2 rings (SSSR count). The largest absolute Gasteiger partial charge is 0.480 e. The van der Waals surface area contributed by atoms with Crippen LogP contribution in [0.15, 0.2) is 6.33 Å². The van der Waals surface area contributed by atoms with Crippen molar-refractivity contribution in [1.29, 1.82) is 0 Å². The standard InChI is InChI=1S/C14H17N3O4S/c1-6(2)21-14(20)10-7(3)9-11(17-8(4)13(18)19)15-5-16-12(9)22-10/h5-6,8H,1-4H3,(H,18,19)(H,15,16,17). The minimum Gasteiger partial charge on any atom is -0.480 e. The summed E-state index contributed by atoms with van der Waals surface area (Å²) < 4.78 is 5.21. The number of hydrogen-bond donors (Lipinski definition) is 2. The van der Waals surface area contributed by atoms with E-state index in [2.05, 4.69) is 15.3 Å². The SMILES string of the molecule is Cc1c(C(=O)OC(C)C)sc2ncnc(NC(C)C(=O)O)c12. The Morgan fingerprint density at radius 3 is 2.59 bits per heavy atom. The van der Waals surface area contributed by atoms with Gasteiger partial charge in [0.1, 0.15) is 27.9 Å². The number of aryl methyl sites for hydroxylation is 1. The molecule has 2 aromatic rings. The predicted octanol–water partition coefficient (Wildman–Crippen LogP) is 2.45. The lowest BCUT2D eigenvalue weighted by Crippen LogP contribution is -2.26. The first-order valence-corrected chi connectivity index (χ1v) is 7.57. The van der Waals surface area contributed by atoms with Crippen molar-refractivity contribution in [2.75, 3.05) is 5.32 Å². The highest BCUT2D eigenvalue weighted by Gasteiger charge is 2.22. The van der Waals surface area contributed by atoms with Crippen molar-refractivity contribution in [2.24, 2.45) is 0 Å². The van der Waals surface area contributed by atoms with Gasteiger partial charge in [0.05, 0.1) is 11.5 Å². The molecular weight excluding hydrogens is 306 g/mol. The number of fused-ring (bicyclic) bond motifs is 1. The third kappa shape index (κ3) is 3.16. The van der Waals surface area contributed by atoms with Crippen molar-refractivity contribution in [3.05, 3.63) is 16.8 Å². The van der Waals surface area contributed by atoms with Crippen LogP contribution in [0.25, 0.3) is 10.2 Å². The molecule has 1 atom stereocenters. The number of carboxylic acid groups (broad SMARTS) is 1. The predicted molar refractivity (Wildman–Crippen MR) is 83.4 cm³/mol. The Morgan fingerprint density at radius 1 is 1.32 bits per heavy atom. The zero-order valence-corrected chi connectivity index (χ0v) is 13.5. The number of carboxylic acids is 1. The van der Waals surface area contributed by atoms with Gasteiger partial charge in [-0.3, -0.25) is 4.79 Å². The van der Waals surface area contributed by atoms with Crippen LogP contribution in [0.5, 0.6) is 0 Å². The van der Waals surface area contributed by atoms with E-state index in [9.17, 15) is 9.59 Å². The van der Waals surface area contributed by atoms with E-state index in [-0.39, 0.29) is 6.10 Å². The fourth-order valence-corrected chi connectivity index (χ4v) is 2.94. The molecule has 0 spiro atoms. The first kappa shape index (κ1) is 16.2. The Bertz CT molecular complexity index is 726. The van der Waals surface area contributed by atoms with Crippen molar-refractivity contribution in [1.82, 2.24) is 9.97 Å². The number of thiophene rings is 1. The zero-order chi connectivity index (χ0) is 16.4. The zero-order valence-electron chi connectivity index (χ0n) is 12.7. The van der Waals surface area contributed by atoms with E-state index in [1.54, 1.807) is 20.8 Å². The number of nitrogens with zero attached hydrogens (tertiary/aromatic N) is 2. The summed E-state index contributed by atoms with van der Waals surface area (Å²) in [5.41, 5.74) is 0.686. The number of anilines is 1. The van der Waals surface area contributed by atoms with E-state index in [4.69, 9.17) is 9.84 Å². The maximum Gasteiger partial charge on any atom is 0.348 e. The summed E-state index contributed by atoms with van der Waals surface area (Å²) in [6, 6.07) is -0.802. The molecule has 0 saturated heterocycles. The molecule has 22 heavy (non-hydrogen) atoms. The van der Waals surface area contributed by atoms with Crippen LogP contribution in [0.4, 0.5) is 5.82 Å². The molecule has 1 unspecified atom stereocenters. The van der Waals surface area contributed by atoms with Gasteiger partial charge in [-0.2, -0.15) is 0 Å². The Kier molecular flexibility index (Phi) is 4.60. The second-order valence-corrected chi connectivity index (χ2v) is 6.12. The monoisotopic (exact) mass is 323 g/mol. The van der Waals surface area contributed by atoms with E-state index in [1.807, 2.05) is 0 Å². The molecule has 118 valence electrons. The first-order valence-electron chi connectivity index (χ1n) is 6.75. The third-order valence-corrected chi connectivity index (χ3v) is 4.16. The van der Waals surface area contributed by atoms with E-state index in [1.165, 1.54) is 24.6 Å². The van der Waals surface area contributed by atoms with Crippen LogP contribution >= 0.6 is 11.3 Å². The molecule has 0 aliphatic heterocycles. The molecule has 7 nitrogen and oxygen atoms in total. The van der Waals surface area contributed by atoms with Gasteiger partial charge in [0.2, 0.25) is 0 Å². The van der Waals surface area contributed by atoms with Crippen molar-refractivity contribution in [3.8, 4) is 0 Å². The summed E-state index contributed by atoms with van der Waals surface area (Å²) >= 11 is 1.21. The molecular formula is C14H17N3O4S. The van der Waals surface area contributed by atoms with E-state index >= 15 is 0 Å². The van der Waals surface area contributed by atoms with E-state index in [0.717, 1.165) is 0 Å². The van der Waals surface area contributed by atoms with Gasteiger partial charge in [-0.1, -0.05) is 0 Å². The average Bonchev–Trinajstić information content (AvgIpc) is 2.76. The molecule has 0 aromatic carbocycles. The van der Waals surface area contributed by atoms with Crippen molar-refractivity contribution >= 4 is 39.3 Å². The summed E-state index contributed by atoms with van der Waals surface area (Å²) in [5.74, 6) is -0.996. The molecule has 0 bridgehead atoms. The van der Waals surface area contributed by atoms with Gasteiger partial charge in [-0.25, -0.2) is 14.8 Å². The maximum absolute atomic E-state index is 12.1. The average molecular weight is 323 g/mol. The molecule has 2 heterocycles. The number of nitrogens with one attached hydrogen (secondary N) is 1. The van der Waals surface area contributed by atoms with Crippen LogP contribution < -0.4 is 5.32 Å². The normalized spacial score (nSPS) is 12.4. The summed E-state index contributed by atoms with van der Waals surface area (Å²) in [7, 11) is 0. The van der Waals surface area contributed by atoms with Gasteiger partial charge in [0, 0.05) is 0 Å². The number of ether oxygens (including phenoxy) is 1. The second kappa shape index (κ2) is 6.27. The summed E-state index contributed by atoms with van der Waals surface area (Å²) in [6.45, 7) is 6.85. The Hall–Kier alpha value is -2.22. The quantitative estimate of drug-likeness (QED) is 0.815. The molecule has 0 saturated carbocycles. The topological polar surface area (TPSA) is 101 Å². The molecule has 0 fully saturated rings. The summed E-state index contributed by atoms with van der Waals surface area (Å²) in [4.78, 5) is 32.4. The molecule has 0 amide bonds. The number of hydrogen-bond acceptors (Lipinski definition) is 7. The highest BCUT2D eigenvalue weighted by molar-refractivity contribution is 7.20. The molecule has 2 N–H and O–H groups in total. The van der Waals surface area contributed by atoms with Gasteiger partial charge in [-0.15, -0.1) is 11.3 Å². The van der Waals surface area contributed by atoms with Crippen LogP contribution in [-0.4, -0.2) is 39.2 Å². The van der Waals surface area contributed by atoms with Gasteiger partial charge in [0.25, 0.3) is 0 Å². The smallest absolute Gasteiger partial charge is 0.348 e. The third-order valence-electron chi connectivity index (χ3n) is 2.98. The first-order chi connectivity index (χ1) is 10.3. The van der Waals surface area contributed by atoms with Gasteiger partial charge < -0.3 is 15.2 Å². The van der Waals surface area contributed by atoms with Gasteiger partial charge in [-0.05, 0) is 33.3 Å². The van der Waals surface area contributed by atoms with Crippen LogP contribution in [-0.2, 0) is 9.53 Å². The molecule has 0 aliphatic carbocycles. The number of aromatic nitrogens is 2. The number of rotatable bonds is 5. The highest BCUT2D eigenvalue weighted by atomic mass is 32.1. The molecule has 0 radical (unpaired) electrons. The number of carbonyl (C=O) groups is 2. The number of carbonyl (C=O) groups excluding carboxylic acids is 1. The van der Waals surface area contributed by atoms with E-state index in [0.29, 0.717) is 26.5 Å². The fourth-order valence-electron chi connectivity index (χ4n) is 1.91. The van der Waals surface area contributed by atoms with Crippen LogP contribution in [0.3, 0.4) is 0 Å². The van der Waals surface area contributed by atoms with Gasteiger partial charge in [0.15, 0.2) is 0 Å². The van der Waals surface area contributed by atoms with Crippen molar-refractivity contribution in [2.45, 2.75) is 39.8 Å². The fraction of sp³-hybridized carbons (Fsp3) is 0.429. The Labute approximate surface area is 131 Å². The lowest BCUT2D eigenvalue weighted by molar-refractivity contribution is -0.137. The molecule has 8 heteroatoms. The van der Waals surface area contributed by atoms with Gasteiger partial charge >= 0.3 is 11.9 Å². The minimum atomic E-state index is -0.987. The maximum atomic E-state index is 12.1. The van der Waals surface area contributed by atoms with Crippen LogP contribution in [0.2, 0.25) is 0 Å². The summed E-state index contributed by atoms with van der Waals surface area (Å²) in [6.07, 6.45) is 1.13. The Balaban J connectivity index is 2.46. The summed E-state index contributed by atoms with van der Waals surface area (Å²) in [5, 5.41) is 12.5. The van der Waals surface area contributed by atoms with Crippen LogP contribution in [0.1, 0.15) is 36.0 Å². The lowest BCUT2D eigenvalue weighted by Gasteiger charge is -2.11. The van der Waals surface area contributed by atoms with Crippen molar-refractivity contribution < 1.29 is 19.4 Å². The number of aliphatic carboxylic acids is 1. The minimum absolute atomic E-state index is 0.215. The lowest BCUT2D eigenvalue weighted by atomic mass is 10.2. The van der Waals surface area contributed by atoms with E-state index < -0.39 is 18.0 Å². The number of esters is 1. The second-order valence-electron chi connectivity index (χ2n) is 5.12. The highest BCUT2D eigenvalue weighted by Crippen LogP contribution is 2.34. The molecule has 0 aliphatic rings. The Morgan fingerprint density at radius 2 is 2.00 bits per heavy atom. The molecule has 2 aromatic heterocycles. The van der Waals surface area contributed by atoms with Crippen molar-refractivity contribution in [3.63, 3.8) is 0 Å².